The molecule has 2 fully saturated rings. The van der Waals surface area contributed by atoms with Gasteiger partial charge in [-0.2, -0.15) is 0 Å². The lowest BCUT2D eigenvalue weighted by molar-refractivity contribution is -0.136. The van der Waals surface area contributed by atoms with Gasteiger partial charge in [-0.15, -0.1) is 11.3 Å². The third kappa shape index (κ3) is 7.58. The van der Waals surface area contributed by atoms with Crippen LogP contribution in [0, 0.1) is 11.8 Å². The number of thiophene rings is 1. The van der Waals surface area contributed by atoms with Gasteiger partial charge in [0.2, 0.25) is 11.8 Å². The number of benzene rings is 1. The Morgan fingerprint density at radius 1 is 0.764 bits per heavy atom. The Bertz CT molecular complexity index is 2070. The number of carbonyl (C=O) groups is 4. The molecule has 2 saturated heterocycles. The number of ether oxygens (including phenoxy) is 2. The normalized spacial score (nSPS) is 18.9. The Hall–Kier alpha value is -5.18. The summed E-state index contributed by atoms with van der Waals surface area (Å²) < 4.78 is 9.55. The molecule has 292 valence electrons. The fourth-order valence-electron chi connectivity index (χ4n) is 8.10. The number of aromatic amines is 2. The first-order chi connectivity index (χ1) is 26.5. The summed E-state index contributed by atoms with van der Waals surface area (Å²) in [6.45, 7) is 8.84. The number of carbonyl (C=O) groups excluding carboxylic acids is 4. The summed E-state index contributed by atoms with van der Waals surface area (Å²) in [6, 6.07) is 7.03. The Morgan fingerprint density at radius 2 is 1.29 bits per heavy atom. The number of nitrogens with zero attached hydrogens (tertiary/aromatic N) is 4. The van der Waals surface area contributed by atoms with Crippen LogP contribution in [0.25, 0.3) is 32.3 Å². The number of likely N-dealkylation sites (tertiary alicyclic amines) is 2. The molecule has 4 unspecified atom stereocenters. The van der Waals surface area contributed by atoms with Gasteiger partial charge in [0.1, 0.15) is 23.7 Å². The maximum Gasteiger partial charge on any atom is 0.407 e. The third-order valence-electron chi connectivity index (χ3n) is 11.1. The van der Waals surface area contributed by atoms with Crippen molar-refractivity contribution in [3.05, 3.63) is 59.4 Å². The second-order valence-corrected chi connectivity index (χ2v) is 16.3. The number of methoxy groups -OCH3 is 2. The van der Waals surface area contributed by atoms with Crippen LogP contribution in [0.4, 0.5) is 9.59 Å². The largest absolute Gasteiger partial charge is 0.453 e. The second-order valence-electron chi connectivity index (χ2n) is 15.3. The van der Waals surface area contributed by atoms with Crippen LogP contribution in [0.2, 0.25) is 0 Å². The fraction of sp³-hybridized carbons (Fsp3) is 0.500. The van der Waals surface area contributed by atoms with Crippen molar-refractivity contribution in [1.82, 2.24) is 40.4 Å². The summed E-state index contributed by atoms with van der Waals surface area (Å²) in [7, 11) is 2.59. The molecule has 1 aliphatic carbocycles. The standard InChI is InChI=1S/C40H50N8O6S/c1-21(2)32(45-39(51)53-5)37(49)47-15-7-9-29(47)35-41-19-27(43-35)24-13-14-26-23(17-24)11-12-25-18-31(55-34(25)26)28-20-42-36(44-28)30-10-8-16-48(30)38(50)33(22(3)4)46-40(52)54-6/h13-14,17-22,29-30,32-33H,7-12,15-16H2,1-6H3,(H,41,43)(H,42,44)(H,45,51)(H,46,52). The lowest BCUT2D eigenvalue weighted by Crippen LogP contribution is -2.51. The Kier molecular flexibility index (Phi) is 11.0. The maximum atomic E-state index is 13.6. The van der Waals surface area contributed by atoms with Gasteiger partial charge in [0.05, 0.1) is 55.0 Å². The van der Waals surface area contributed by atoms with Crippen molar-refractivity contribution in [2.45, 2.75) is 90.4 Å². The number of aryl methyl sites for hydroxylation is 2. The van der Waals surface area contributed by atoms with Gasteiger partial charge < -0.3 is 39.9 Å². The van der Waals surface area contributed by atoms with Crippen molar-refractivity contribution < 1.29 is 28.7 Å². The van der Waals surface area contributed by atoms with E-state index in [9.17, 15) is 19.2 Å². The van der Waals surface area contributed by atoms with E-state index < -0.39 is 24.3 Å². The quantitative estimate of drug-likeness (QED) is 0.144. The maximum absolute atomic E-state index is 13.6. The van der Waals surface area contributed by atoms with Crippen LogP contribution < -0.4 is 10.6 Å². The number of H-pyrrole nitrogens is 2. The minimum atomic E-state index is -0.685. The molecule has 0 saturated carbocycles. The van der Waals surface area contributed by atoms with Gasteiger partial charge in [0, 0.05) is 18.0 Å². The van der Waals surface area contributed by atoms with Crippen LogP contribution in [0.1, 0.15) is 88.2 Å². The topological polar surface area (TPSA) is 175 Å². The molecule has 4 atom stereocenters. The van der Waals surface area contributed by atoms with E-state index in [4.69, 9.17) is 19.4 Å². The highest BCUT2D eigenvalue weighted by Gasteiger charge is 2.39. The number of hydrogen-bond donors (Lipinski definition) is 4. The van der Waals surface area contributed by atoms with Crippen molar-refractivity contribution in [2.24, 2.45) is 11.8 Å². The van der Waals surface area contributed by atoms with E-state index in [0.717, 1.165) is 72.0 Å². The van der Waals surface area contributed by atoms with Gasteiger partial charge in [-0.1, -0.05) is 39.8 Å². The van der Waals surface area contributed by atoms with E-state index in [1.54, 1.807) is 11.3 Å². The van der Waals surface area contributed by atoms with Gasteiger partial charge in [-0.05, 0) is 84.7 Å². The second kappa shape index (κ2) is 15.9. The van der Waals surface area contributed by atoms with E-state index >= 15 is 0 Å². The molecule has 4 amide bonds. The Labute approximate surface area is 324 Å². The molecule has 14 nitrogen and oxygen atoms in total. The number of rotatable bonds is 10. The lowest BCUT2D eigenvalue weighted by Gasteiger charge is -2.30. The number of imidazole rings is 2. The molecule has 0 radical (unpaired) electrons. The zero-order valence-corrected chi connectivity index (χ0v) is 33.0. The minimum absolute atomic E-state index is 0.102. The summed E-state index contributed by atoms with van der Waals surface area (Å²) in [5.74, 6) is 1.03. The molecule has 15 heteroatoms. The molecule has 55 heavy (non-hydrogen) atoms. The first-order valence-corrected chi connectivity index (χ1v) is 20.0. The Balaban J connectivity index is 1.06. The van der Waals surface area contributed by atoms with Gasteiger partial charge in [-0.3, -0.25) is 9.59 Å². The summed E-state index contributed by atoms with van der Waals surface area (Å²) in [6.07, 6.45) is 7.58. The molecule has 4 N–H and O–H groups in total. The van der Waals surface area contributed by atoms with Gasteiger partial charge >= 0.3 is 12.2 Å². The smallest absolute Gasteiger partial charge is 0.407 e. The van der Waals surface area contributed by atoms with Gasteiger partial charge in [0.25, 0.3) is 0 Å². The number of nitrogens with one attached hydrogen (secondary N) is 4. The summed E-state index contributed by atoms with van der Waals surface area (Å²) in [5, 5.41) is 5.42. The molecular weight excluding hydrogens is 721 g/mol. The number of alkyl carbamates (subject to hydrolysis) is 2. The van der Waals surface area contributed by atoms with E-state index in [1.165, 1.54) is 35.8 Å². The Morgan fingerprint density at radius 3 is 1.84 bits per heavy atom. The fourth-order valence-corrected chi connectivity index (χ4v) is 9.34. The molecule has 0 bridgehead atoms. The molecule has 3 aliphatic rings. The van der Waals surface area contributed by atoms with Gasteiger partial charge in [0.15, 0.2) is 0 Å². The van der Waals surface area contributed by atoms with E-state index in [1.807, 2.05) is 49.9 Å². The van der Waals surface area contributed by atoms with Crippen LogP contribution in [0.5, 0.6) is 0 Å². The molecule has 4 aromatic rings. The molecule has 7 rings (SSSR count). The van der Waals surface area contributed by atoms with Crippen LogP contribution in [-0.2, 0) is 31.9 Å². The van der Waals surface area contributed by atoms with Crippen molar-refractivity contribution in [3.63, 3.8) is 0 Å². The molecule has 2 aliphatic heterocycles. The first kappa shape index (κ1) is 38.1. The highest BCUT2D eigenvalue weighted by molar-refractivity contribution is 7.19. The van der Waals surface area contributed by atoms with E-state index in [2.05, 4.69) is 44.9 Å². The van der Waals surface area contributed by atoms with Crippen molar-refractivity contribution in [1.29, 1.82) is 0 Å². The summed E-state index contributed by atoms with van der Waals surface area (Å²) >= 11 is 1.74. The van der Waals surface area contributed by atoms with E-state index in [0.29, 0.717) is 13.1 Å². The predicted molar refractivity (Wildman–Crippen MR) is 208 cm³/mol. The van der Waals surface area contributed by atoms with Crippen LogP contribution in [0.3, 0.4) is 0 Å². The average molecular weight is 771 g/mol. The van der Waals surface area contributed by atoms with Crippen molar-refractivity contribution >= 4 is 35.3 Å². The van der Waals surface area contributed by atoms with Gasteiger partial charge in [-0.25, -0.2) is 19.6 Å². The number of aromatic nitrogens is 4. The van der Waals surface area contributed by atoms with Crippen LogP contribution in [-0.4, -0.2) is 93.1 Å². The molecule has 5 heterocycles. The molecule has 3 aromatic heterocycles. The van der Waals surface area contributed by atoms with Crippen LogP contribution >= 0.6 is 11.3 Å². The van der Waals surface area contributed by atoms with Crippen LogP contribution in [0.15, 0.2) is 36.7 Å². The van der Waals surface area contributed by atoms with Crippen molar-refractivity contribution in [2.75, 3.05) is 27.3 Å². The van der Waals surface area contributed by atoms with E-state index in [-0.39, 0.29) is 35.7 Å². The average Bonchev–Trinajstić information content (AvgIpc) is 4.03. The number of fused-ring (bicyclic) bond motifs is 3. The SMILES string of the molecule is COC(=O)NC(C(=O)N1CCCC1c1ncc(-c2ccc3c(c2)CCc2cc(-c4cnc(C5CCCN5C(=O)C(NC(=O)OC)C(C)C)[nH]4)sc2-3)[nH]1)C(C)C. The summed E-state index contributed by atoms with van der Waals surface area (Å²) in [5.41, 5.74) is 6.65. The monoisotopic (exact) mass is 770 g/mol. The summed E-state index contributed by atoms with van der Waals surface area (Å²) in [4.78, 5) is 73.7. The lowest BCUT2D eigenvalue weighted by atomic mass is 9.89. The third-order valence-corrected chi connectivity index (χ3v) is 12.3. The molecule has 0 spiro atoms. The highest BCUT2D eigenvalue weighted by Crippen LogP contribution is 2.44. The zero-order valence-electron chi connectivity index (χ0n) is 32.2. The minimum Gasteiger partial charge on any atom is -0.453 e. The predicted octanol–water partition coefficient (Wildman–Crippen LogP) is 6.38. The first-order valence-electron chi connectivity index (χ1n) is 19.1. The number of amides is 4. The number of hydrogen-bond acceptors (Lipinski definition) is 9. The van der Waals surface area contributed by atoms with Crippen molar-refractivity contribution in [3.8, 4) is 32.3 Å². The zero-order chi connectivity index (χ0) is 39.0. The molecular formula is C40H50N8O6S. The highest BCUT2D eigenvalue weighted by atomic mass is 32.1. The molecule has 1 aromatic carbocycles.